The molecule has 0 aliphatic carbocycles. The molecule has 0 fully saturated rings. The summed E-state index contributed by atoms with van der Waals surface area (Å²) in [6.45, 7) is 9.44. The topological polar surface area (TPSA) is 20.2 Å². The molecule has 1 heteroatoms. The molecule has 0 unspecified atom stereocenters. The number of hydrogen-bond donors (Lipinski definition) is 1. The number of aliphatic hydroxyl groups is 1. The molecule has 1 N–H and O–H groups in total. The van der Waals surface area contributed by atoms with Gasteiger partial charge in [0.25, 0.3) is 0 Å². The molecule has 0 amide bonds. The van der Waals surface area contributed by atoms with E-state index in [9.17, 15) is 5.11 Å². The molecule has 16 heavy (non-hydrogen) atoms. The van der Waals surface area contributed by atoms with Crippen LogP contribution < -0.4 is 0 Å². The monoisotopic (exact) mass is 224 g/mol. The standard InChI is InChI=1S/C15H28O/c1-4-6-7-8-9-10-11-12-13-15(16)14(3)5-2/h4-5,14-16H,1-2,6-13H2,3H3/t14-,15-/m0/s1. The minimum atomic E-state index is -0.196. The molecule has 0 bridgehead atoms. The average molecular weight is 224 g/mol. The summed E-state index contributed by atoms with van der Waals surface area (Å²) >= 11 is 0. The Bertz CT molecular complexity index is 174. The van der Waals surface area contributed by atoms with E-state index in [1.54, 1.807) is 0 Å². The lowest BCUT2D eigenvalue weighted by Gasteiger charge is -2.14. The molecule has 0 aromatic carbocycles. The number of aliphatic hydroxyl groups excluding tert-OH is 1. The van der Waals surface area contributed by atoms with Crippen LogP contribution in [0.25, 0.3) is 0 Å². The van der Waals surface area contributed by atoms with Gasteiger partial charge in [0.2, 0.25) is 0 Å². The van der Waals surface area contributed by atoms with Crippen molar-refractivity contribution in [1.29, 1.82) is 0 Å². The molecule has 0 rings (SSSR count). The van der Waals surface area contributed by atoms with Gasteiger partial charge in [-0.3, -0.25) is 0 Å². The smallest absolute Gasteiger partial charge is 0.0600 e. The molecule has 0 aromatic rings. The fourth-order valence-corrected chi connectivity index (χ4v) is 1.77. The van der Waals surface area contributed by atoms with Gasteiger partial charge in [0.15, 0.2) is 0 Å². The molecule has 94 valence electrons. The van der Waals surface area contributed by atoms with E-state index >= 15 is 0 Å². The largest absolute Gasteiger partial charge is 0.393 e. The third kappa shape index (κ3) is 8.72. The minimum absolute atomic E-state index is 0.196. The van der Waals surface area contributed by atoms with Crippen molar-refractivity contribution < 1.29 is 5.11 Å². The van der Waals surface area contributed by atoms with Crippen LogP contribution in [0.15, 0.2) is 25.3 Å². The third-order valence-corrected chi connectivity index (χ3v) is 3.14. The maximum Gasteiger partial charge on any atom is 0.0600 e. The van der Waals surface area contributed by atoms with Gasteiger partial charge in [0, 0.05) is 0 Å². The highest BCUT2D eigenvalue weighted by atomic mass is 16.3. The highest BCUT2D eigenvalue weighted by Gasteiger charge is 2.09. The highest BCUT2D eigenvalue weighted by molar-refractivity contribution is 4.80. The van der Waals surface area contributed by atoms with Gasteiger partial charge < -0.3 is 5.11 Å². The van der Waals surface area contributed by atoms with E-state index in [4.69, 9.17) is 0 Å². The molecule has 0 aliphatic heterocycles. The van der Waals surface area contributed by atoms with Crippen LogP contribution in [0.1, 0.15) is 58.3 Å². The Morgan fingerprint density at radius 1 is 1.00 bits per heavy atom. The van der Waals surface area contributed by atoms with Crippen LogP contribution in [0.5, 0.6) is 0 Å². The highest BCUT2D eigenvalue weighted by Crippen LogP contribution is 2.14. The second kappa shape index (κ2) is 10.9. The first kappa shape index (κ1) is 15.4. The van der Waals surface area contributed by atoms with Gasteiger partial charge in [-0.2, -0.15) is 0 Å². The normalized spacial score (nSPS) is 14.4. The van der Waals surface area contributed by atoms with Crippen LogP contribution in [0.4, 0.5) is 0 Å². The number of unbranched alkanes of at least 4 members (excludes halogenated alkanes) is 6. The first-order valence-corrected chi connectivity index (χ1v) is 6.64. The van der Waals surface area contributed by atoms with Crippen molar-refractivity contribution in [3.63, 3.8) is 0 Å². The van der Waals surface area contributed by atoms with Gasteiger partial charge in [-0.1, -0.05) is 51.2 Å². The summed E-state index contributed by atoms with van der Waals surface area (Å²) in [6.07, 6.45) is 13.3. The second-order valence-electron chi connectivity index (χ2n) is 4.65. The van der Waals surface area contributed by atoms with Crippen LogP contribution in [-0.2, 0) is 0 Å². The van der Waals surface area contributed by atoms with Crippen molar-refractivity contribution in [2.24, 2.45) is 5.92 Å². The molecule has 1 nitrogen and oxygen atoms in total. The SMILES string of the molecule is C=CCCCCCCCC[C@H](O)[C@@H](C)C=C. The van der Waals surface area contributed by atoms with Crippen LogP contribution in [0.2, 0.25) is 0 Å². The number of hydrogen-bond acceptors (Lipinski definition) is 1. The van der Waals surface area contributed by atoms with Crippen LogP contribution in [-0.4, -0.2) is 11.2 Å². The zero-order valence-electron chi connectivity index (χ0n) is 10.8. The van der Waals surface area contributed by atoms with Crippen molar-refractivity contribution in [3.05, 3.63) is 25.3 Å². The van der Waals surface area contributed by atoms with Crippen molar-refractivity contribution >= 4 is 0 Å². The van der Waals surface area contributed by atoms with Gasteiger partial charge in [0.1, 0.15) is 0 Å². The predicted octanol–water partition coefficient (Wildman–Crippen LogP) is 4.48. The second-order valence-corrected chi connectivity index (χ2v) is 4.65. The summed E-state index contributed by atoms with van der Waals surface area (Å²) in [5, 5.41) is 9.71. The summed E-state index contributed by atoms with van der Waals surface area (Å²) in [5.74, 6) is 0.229. The molecule has 0 radical (unpaired) electrons. The van der Waals surface area contributed by atoms with Crippen molar-refractivity contribution in [2.45, 2.75) is 64.4 Å². The Labute approximate surface area is 101 Å². The van der Waals surface area contributed by atoms with Crippen molar-refractivity contribution in [1.82, 2.24) is 0 Å². The summed E-state index contributed by atoms with van der Waals surface area (Å²) in [5.41, 5.74) is 0. The zero-order valence-corrected chi connectivity index (χ0v) is 10.8. The Hall–Kier alpha value is -0.560. The van der Waals surface area contributed by atoms with Gasteiger partial charge in [0.05, 0.1) is 6.10 Å². The summed E-state index contributed by atoms with van der Waals surface area (Å²) in [7, 11) is 0. The Balaban J connectivity index is 3.20. The Morgan fingerprint density at radius 2 is 1.56 bits per heavy atom. The Morgan fingerprint density at radius 3 is 2.12 bits per heavy atom. The van der Waals surface area contributed by atoms with E-state index in [0.717, 1.165) is 19.3 Å². The number of rotatable bonds is 11. The van der Waals surface area contributed by atoms with Gasteiger partial charge in [-0.15, -0.1) is 13.2 Å². The molecule has 0 spiro atoms. The van der Waals surface area contributed by atoms with Gasteiger partial charge in [-0.05, 0) is 25.2 Å². The molecular weight excluding hydrogens is 196 g/mol. The summed E-state index contributed by atoms with van der Waals surface area (Å²) in [4.78, 5) is 0. The van der Waals surface area contributed by atoms with E-state index in [2.05, 4.69) is 13.2 Å². The van der Waals surface area contributed by atoms with Crippen molar-refractivity contribution in [2.75, 3.05) is 0 Å². The molecule has 0 aromatic heterocycles. The molecule has 2 atom stereocenters. The lowest BCUT2D eigenvalue weighted by molar-refractivity contribution is 0.125. The van der Waals surface area contributed by atoms with Crippen molar-refractivity contribution in [3.8, 4) is 0 Å². The van der Waals surface area contributed by atoms with Gasteiger partial charge in [-0.25, -0.2) is 0 Å². The summed E-state index contributed by atoms with van der Waals surface area (Å²) < 4.78 is 0. The van der Waals surface area contributed by atoms with E-state index < -0.39 is 0 Å². The number of allylic oxidation sites excluding steroid dienone is 1. The van der Waals surface area contributed by atoms with Gasteiger partial charge >= 0.3 is 0 Å². The summed E-state index contributed by atoms with van der Waals surface area (Å²) in [6, 6.07) is 0. The average Bonchev–Trinajstić information content (AvgIpc) is 2.31. The predicted molar refractivity (Wildman–Crippen MR) is 72.5 cm³/mol. The quantitative estimate of drug-likeness (QED) is 0.405. The molecule has 0 saturated carbocycles. The fourth-order valence-electron chi connectivity index (χ4n) is 1.77. The first-order chi connectivity index (χ1) is 7.72. The lowest BCUT2D eigenvalue weighted by Crippen LogP contribution is -2.14. The third-order valence-electron chi connectivity index (χ3n) is 3.14. The lowest BCUT2D eigenvalue weighted by atomic mass is 9.98. The minimum Gasteiger partial charge on any atom is -0.393 e. The maximum atomic E-state index is 9.71. The van der Waals surface area contributed by atoms with E-state index in [1.165, 1.54) is 32.1 Å². The molecule has 0 saturated heterocycles. The van der Waals surface area contributed by atoms with Crippen LogP contribution >= 0.6 is 0 Å². The first-order valence-electron chi connectivity index (χ1n) is 6.64. The molecular formula is C15H28O. The van der Waals surface area contributed by atoms with Crippen LogP contribution in [0, 0.1) is 5.92 Å². The van der Waals surface area contributed by atoms with Crippen LogP contribution in [0.3, 0.4) is 0 Å². The maximum absolute atomic E-state index is 9.71. The van der Waals surface area contributed by atoms with E-state index in [-0.39, 0.29) is 12.0 Å². The fraction of sp³-hybridized carbons (Fsp3) is 0.733. The van der Waals surface area contributed by atoms with E-state index in [1.807, 2.05) is 19.1 Å². The zero-order chi connectivity index (χ0) is 12.2. The molecule has 0 heterocycles. The Kier molecular flexibility index (Phi) is 10.6. The molecule has 0 aliphatic rings. The van der Waals surface area contributed by atoms with E-state index in [0.29, 0.717) is 0 Å².